The first-order valence-corrected chi connectivity index (χ1v) is 9.07. The van der Waals surface area contributed by atoms with Crippen LogP contribution >= 0.6 is 0 Å². The number of hydrogen-bond acceptors (Lipinski definition) is 8. The Kier molecular flexibility index (Phi) is 9.78. The van der Waals surface area contributed by atoms with Gasteiger partial charge in [0.25, 0.3) is 0 Å². The highest BCUT2D eigenvalue weighted by atomic mass is 16.7. The minimum Gasteiger partial charge on any atom is -0.468 e. The van der Waals surface area contributed by atoms with Crippen molar-refractivity contribution in [3.05, 3.63) is 29.8 Å². The van der Waals surface area contributed by atoms with Crippen LogP contribution in [0.15, 0.2) is 24.3 Å². The molecule has 1 saturated heterocycles. The highest BCUT2D eigenvalue weighted by Gasteiger charge is 2.18. The molecule has 0 N–H and O–H groups in total. The summed E-state index contributed by atoms with van der Waals surface area (Å²) in [5, 5.41) is 0. The molecule has 0 bridgehead atoms. The summed E-state index contributed by atoms with van der Waals surface area (Å²) in [6, 6.07) is 5.24. The van der Waals surface area contributed by atoms with E-state index in [0.29, 0.717) is 29.2 Å². The van der Waals surface area contributed by atoms with Crippen molar-refractivity contribution in [2.24, 2.45) is 0 Å². The van der Waals surface area contributed by atoms with E-state index in [-0.39, 0.29) is 26.5 Å². The fourth-order valence-corrected chi connectivity index (χ4v) is 2.65. The first-order chi connectivity index (χ1) is 13.7. The zero-order valence-electron chi connectivity index (χ0n) is 16.6. The Labute approximate surface area is 165 Å². The van der Waals surface area contributed by atoms with Crippen molar-refractivity contribution in [2.45, 2.75) is 25.6 Å². The Bertz CT molecular complexity index is 637. The molecule has 1 heterocycles. The lowest BCUT2D eigenvalue weighted by molar-refractivity contribution is -0.154. The molecular formula is C20H28O8. The lowest BCUT2D eigenvalue weighted by Crippen LogP contribution is -2.23. The van der Waals surface area contributed by atoms with Crippen LogP contribution < -0.4 is 9.47 Å². The summed E-state index contributed by atoms with van der Waals surface area (Å²) < 4.78 is 37.4. The van der Waals surface area contributed by atoms with Gasteiger partial charge in [0.15, 0.2) is 19.9 Å². The Morgan fingerprint density at radius 1 is 1.14 bits per heavy atom. The Morgan fingerprint density at radius 2 is 1.93 bits per heavy atom. The number of carbonyl (C=O) groups excluding carboxylic acids is 1. The normalized spacial score (nSPS) is 17.2. The van der Waals surface area contributed by atoms with E-state index in [1.807, 2.05) is 0 Å². The van der Waals surface area contributed by atoms with Crippen molar-refractivity contribution in [1.82, 2.24) is 0 Å². The van der Waals surface area contributed by atoms with E-state index in [1.54, 1.807) is 18.2 Å². The van der Waals surface area contributed by atoms with Gasteiger partial charge in [-0.05, 0) is 43.0 Å². The summed E-state index contributed by atoms with van der Waals surface area (Å²) in [7, 11) is 4.39. The van der Waals surface area contributed by atoms with E-state index in [2.05, 4.69) is 0 Å². The largest absolute Gasteiger partial charge is 0.468 e. The lowest BCUT2D eigenvalue weighted by Gasteiger charge is -2.24. The summed E-state index contributed by atoms with van der Waals surface area (Å²) >= 11 is 0. The third kappa shape index (κ3) is 7.12. The topological polar surface area (TPSA) is 81.7 Å². The zero-order chi connectivity index (χ0) is 20.2. The van der Waals surface area contributed by atoms with Crippen molar-refractivity contribution in [3.63, 3.8) is 0 Å². The highest BCUT2D eigenvalue weighted by molar-refractivity contribution is 5.92. The van der Waals surface area contributed by atoms with Crippen LogP contribution in [0.25, 0.3) is 5.57 Å². The second-order valence-corrected chi connectivity index (χ2v) is 6.06. The highest BCUT2D eigenvalue weighted by Crippen LogP contribution is 2.31. The molecule has 1 fully saturated rings. The molecule has 0 saturated carbocycles. The summed E-state index contributed by atoms with van der Waals surface area (Å²) in [5.74, 6) is 0.588. The number of ether oxygens (including phenoxy) is 7. The minimum absolute atomic E-state index is 0.0589. The predicted octanol–water partition coefficient (Wildman–Crippen LogP) is 2.75. The minimum atomic E-state index is -0.496. The van der Waals surface area contributed by atoms with E-state index >= 15 is 0 Å². The summed E-state index contributed by atoms with van der Waals surface area (Å²) in [5.41, 5.74) is 1.21. The first-order valence-electron chi connectivity index (χ1n) is 9.07. The molecule has 0 radical (unpaired) electrons. The van der Waals surface area contributed by atoms with E-state index < -0.39 is 5.97 Å². The van der Waals surface area contributed by atoms with Crippen LogP contribution in [0, 0.1) is 0 Å². The molecule has 28 heavy (non-hydrogen) atoms. The molecule has 0 aromatic heterocycles. The van der Waals surface area contributed by atoms with Crippen molar-refractivity contribution >= 4 is 11.5 Å². The molecule has 1 aliphatic rings. The number of hydrogen-bond donors (Lipinski definition) is 0. The van der Waals surface area contributed by atoms with Crippen LogP contribution in [0.5, 0.6) is 11.5 Å². The molecule has 8 nitrogen and oxygen atoms in total. The van der Waals surface area contributed by atoms with Crippen LogP contribution in [0.2, 0.25) is 0 Å². The van der Waals surface area contributed by atoms with Crippen LogP contribution in [-0.4, -0.2) is 60.4 Å². The molecule has 0 spiro atoms. The molecule has 1 unspecified atom stereocenters. The molecule has 1 aliphatic heterocycles. The Morgan fingerprint density at radius 3 is 2.61 bits per heavy atom. The summed E-state index contributed by atoms with van der Waals surface area (Å²) in [4.78, 5) is 11.9. The van der Waals surface area contributed by atoms with Gasteiger partial charge in [-0.3, -0.25) is 0 Å². The molecule has 8 heteroatoms. The van der Waals surface area contributed by atoms with Gasteiger partial charge < -0.3 is 33.2 Å². The van der Waals surface area contributed by atoms with Crippen molar-refractivity contribution < 1.29 is 38.0 Å². The second kappa shape index (κ2) is 12.4. The predicted molar refractivity (Wildman–Crippen MR) is 101 cm³/mol. The quantitative estimate of drug-likeness (QED) is 0.321. The molecule has 1 atom stereocenters. The zero-order valence-corrected chi connectivity index (χ0v) is 16.6. The third-order valence-electron chi connectivity index (χ3n) is 4.03. The van der Waals surface area contributed by atoms with Crippen molar-refractivity contribution in [2.75, 3.05) is 48.1 Å². The van der Waals surface area contributed by atoms with Gasteiger partial charge in [-0.25, -0.2) is 4.79 Å². The van der Waals surface area contributed by atoms with E-state index in [0.717, 1.165) is 19.3 Å². The summed E-state index contributed by atoms with van der Waals surface area (Å²) in [6.07, 6.45) is 3.96. The Balaban J connectivity index is 2.28. The number of methoxy groups -OCH3 is 3. The van der Waals surface area contributed by atoms with Crippen molar-refractivity contribution in [3.8, 4) is 11.5 Å². The maximum atomic E-state index is 11.9. The van der Waals surface area contributed by atoms with Gasteiger partial charge in [0, 0.05) is 32.5 Å². The second-order valence-electron chi connectivity index (χ2n) is 6.06. The van der Waals surface area contributed by atoms with E-state index in [9.17, 15) is 4.79 Å². The van der Waals surface area contributed by atoms with Crippen LogP contribution in [0.1, 0.15) is 24.8 Å². The molecule has 156 valence electrons. The number of rotatable bonds is 11. The number of benzene rings is 1. The first kappa shape index (κ1) is 22.2. The van der Waals surface area contributed by atoms with Crippen LogP contribution in [0.4, 0.5) is 0 Å². The lowest BCUT2D eigenvalue weighted by atomic mass is 10.0. The van der Waals surface area contributed by atoms with Gasteiger partial charge >= 0.3 is 5.97 Å². The molecule has 0 aliphatic carbocycles. The van der Waals surface area contributed by atoms with E-state index in [1.165, 1.54) is 27.4 Å². The number of carbonyl (C=O) groups is 1. The monoisotopic (exact) mass is 396 g/mol. The molecule has 1 aromatic carbocycles. The van der Waals surface area contributed by atoms with Gasteiger partial charge in [0.2, 0.25) is 0 Å². The van der Waals surface area contributed by atoms with E-state index in [4.69, 9.17) is 33.2 Å². The van der Waals surface area contributed by atoms with Gasteiger partial charge in [-0.15, -0.1) is 0 Å². The van der Waals surface area contributed by atoms with Gasteiger partial charge in [0.05, 0.1) is 13.7 Å². The van der Waals surface area contributed by atoms with Gasteiger partial charge in [-0.1, -0.05) is 0 Å². The third-order valence-corrected chi connectivity index (χ3v) is 4.03. The Hall–Kier alpha value is -2.13. The SMILES string of the molecule is COCOc1ccc(OCOC)c(/C(=C/C(=O)OC)COC2CCCCO2)c1. The smallest absolute Gasteiger partial charge is 0.330 e. The van der Waals surface area contributed by atoms with Gasteiger partial charge in [0.1, 0.15) is 11.5 Å². The maximum absolute atomic E-state index is 11.9. The van der Waals surface area contributed by atoms with Crippen LogP contribution in [0.3, 0.4) is 0 Å². The fraction of sp³-hybridized carbons (Fsp3) is 0.550. The average molecular weight is 396 g/mol. The van der Waals surface area contributed by atoms with Crippen LogP contribution in [-0.2, 0) is 28.5 Å². The fourth-order valence-electron chi connectivity index (χ4n) is 2.65. The van der Waals surface area contributed by atoms with Crippen molar-refractivity contribution in [1.29, 1.82) is 0 Å². The standard InChI is InChI=1S/C20H28O8/c1-22-13-27-16-7-8-18(28-14-23-2)17(11-16)15(10-19(21)24-3)12-26-20-6-4-5-9-25-20/h7-8,10-11,20H,4-6,9,12-14H2,1-3H3/b15-10+. The molecule has 0 amide bonds. The molecule has 2 rings (SSSR count). The van der Waals surface area contributed by atoms with Gasteiger partial charge in [-0.2, -0.15) is 0 Å². The molecular weight excluding hydrogens is 368 g/mol. The maximum Gasteiger partial charge on any atom is 0.330 e. The number of esters is 1. The molecule has 1 aromatic rings. The average Bonchev–Trinajstić information content (AvgIpc) is 2.74. The summed E-state index contributed by atoms with van der Waals surface area (Å²) in [6.45, 7) is 0.976.